The number of hydrogen-bond donors (Lipinski definition) is 6. The maximum Gasteiger partial charge on any atom is 0.271 e. The number of rotatable bonds is 5. The molecule has 0 amide bonds. The van der Waals surface area contributed by atoms with Crippen LogP contribution in [0.1, 0.15) is 12.0 Å². The van der Waals surface area contributed by atoms with Gasteiger partial charge in [0.15, 0.2) is 0 Å². The molecular formula is C19H21N5O4. The number of allylic oxidation sites excluding steroid dienone is 2. The van der Waals surface area contributed by atoms with E-state index in [-0.39, 0.29) is 30.1 Å². The summed E-state index contributed by atoms with van der Waals surface area (Å²) in [6, 6.07) is 8.82. The summed E-state index contributed by atoms with van der Waals surface area (Å²) >= 11 is 0. The number of anilines is 3. The second kappa shape index (κ2) is 7.22. The Labute approximate surface area is 160 Å². The van der Waals surface area contributed by atoms with Crippen LogP contribution < -0.4 is 22.5 Å². The van der Waals surface area contributed by atoms with E-state index in [9.17, 15) is 20.3 Å². The average molecular weight is 383 g/mol. The standard InChI is InChI=1S/C19H21N5O4/c20-12-1-3-15(16(21)7-12)14-5-6-19(22,26)9-11(14)10-23-17-8-13(24(27)28)2-4-18(17)25/h1-8,23,25-26H,9-10,20-22H2. The quantitative estimate of drug-likeness (QED) is 0.149. The first-order chi connectivity index (χ1) is 13.2. The number of hydrogen-bond acceptors (Lipinski definition) is 8. The molecule has 0 spiro atoms. The molecule has 1 unspecified atom stereocenters. The van der Waals surface area contributed by atoms with Gasteiger partial charge in [-0.1, -0.05) is 12.1 Å². The van der Waals surface area contributed by atoms with Gasteiger partial charge in [-0.3, -0.25) is 10.1 Å². The number of phenolic OH excluding ortho intramolecular Hbond substituents is 1. The van der Waals surface area contributed by atoms with Crippen molar-refractivity contribution in [2.45, 2.75) is 12.1 Å². The molecule has 1 aliphatic rings. The third kappa shape index (κ3) is 4.05. The number of benzene rings is 2. The van der Waals surface area contributed by atoms with Crippen LogP contribution in [0, 0.1) is 10.1 Å². The van der Waals surface area contributed by atoms with Crippen molar-refractivity contribution in [1.29, 1.82) is 0 Å². The first kappa shape index (κ1) is 19.2. The number of phenols is 1. The molecular weight excluding hydrogens is 362 g/mol. The van der Waals surface area contributed by atoms with Gasteiger partial charge < -0.3 is 32.7 Å². The molecule has 1 atom stereocenters. The molecule has 3 rings (SSSR count). The third-order valence-electron chi connectivity index (χ3n) is 4.47. The highest BCUT2D eigenvalue weighted by Gasteiger charge is 2.26. The van der Waals surface area contributed by atoms with E-state index in [0.717, 1.165) is 16.7 Å². The highest BCUT2D eigenvalue weighted by atomic mass is 16.6. The van der Waals surface area contributed by atoms with Crippen molar-refractivity contribution in [3.8, 4) is 5.75 Å². The number of nitro benzene ring substituents is 1. The van der Waals surface area contributed by atoms with Gasteiger partial charge in [-0.05, 0) is 35.4 Å². The lowest BCUT2D eigenvalue weighted by Gasteiger charge is -2.28. The van der Waals surface area contributed by atoms with Crippen LogP contribution in [0.2, 0.25) is 0 Å². The maximum atomic E-state index is 11.0. The van der Waals surface area contributed by atoms with E-state index >= 15 is 0 Å². The summed E-state index contributed by atoms with van der Waals surface area (Å²) in [7, 11) is 0. The average Bonchev–Trinajstić information content (AvgIpc) is 2.61. The number of non-ortho nitro benzene ring substituents is 1. The Morgan fingerprint density at radius 1 is 1.21 bits per heavy atom. The van der Waals surface area contributed by atoms with E-state index in [2.05, 4.69) is 5.32 Å². The second-order valence-electron chi connectivity index (χ2n) is 6.68. The SMILES string of the molecule is Nc1ccc(C2=C(CNc3cc([N+](=O)[O-])ccc3O)CC(N)(O)C=C2)c(N)c1. The van der Waals surface area contributed by atoms with Crippen LogP contribution in [0.3, 0.4) is 0 Å². The Kier molecular flexibility index (Phi) is 4.95. The largest absolute Gasteiger partial charge is 0.506 e. The van der Waals surface area contributed by atoms with E-state index in [0.29, 0.717) is 11.4 Å². The van der Waals surface area contributed by atoms with Crippen LogP contribution >= 0.6 is 0 Å². The molecule has 0 radical (unpaired) electrons. The van der Waals surface area contributed by atoms with Gasteiger partial charge in [0.05, 0.1) is 10.6 Å². The molecule has 1 aliphatic carbocycles. The normalized spacial score (nSPS) is 18.9. The maximum absolute atomic E-state index is 11.0. The van der Waals surface area contributed by atoms with Crippen LogP contribution in [0.5, 0.6) is 5.75 Å². The molecule has 9 heteroatoms. The van der Waals surface area contributed by atoms with Gasteiger partial charge in [0.1, 0.15) is 11.5 Å². The van der Waals surface area contributed by atoms with Gasteiger partial charge in [0.25, 0.3) is 5.69 Å². The summed E-state index contributed by atoms with van der Waals surface area (Å²) in [5, 5.41) is 34.1. The van der Waals surface area contributed by atoms with Crippen molar-refractivity contribution in [2.75, 3.05) is 23.3 Å². The fraction of sp³-hybridized carbons (Fsp3) is 0.158. The lowest BCUT2D eigenvalue weighted by atomic mass is 9.87. The summed E-state index contributed by atoms with van der Waals surface area (Å²) in [5.74, 6) is -0.130. The van der Waals surface area contributed by atoms with Gasteiger partial charge in [-0.15, -0.1) is 0 Å². The molecule has 28 heavy (non-hydrogen) atoms. The number of nitrogen functional groups attached to an aromatic ring is 2. The molecule has 146 valence electrons. The van der Waals surface area contributed by atoms with Crippen molar-refractivity contribution in [3.63, 3.8) is 0 Å². The molecule has 9 nitrogen and oxygen atoms in total. The molecule has 0 aliphatic heterocycles. The zero-order valence-electron chi connectivity index (χ0n) is 14.9. The molecule has 0 bridgehead atoms. The van der Waals surface area contributed by atoms with Crippen LogP contribution in [0.15, 0.2) is 54.1 Å². The predicted octanol–water partition coefficient (Wildman–Crippen LogP) is 1.94. The lowest BCUT2D eigenvalue weighted by molar-refractivity contribution is -0.384. The summed E-state index contributed by atoms with van der Waals surface area (Å²) in [6.45, 7) is 0.178. The molecule has 2 aromatic rings. The minimum absolute atomic E-state index is 0.116. The van der Waals surface area contributed by atoms with Gasteiger partial charge in [-0.2, -0.15) is 0 Å². The first-order valence-electron chi connectivity index (χ1n) is 8.45. The molecule has 0 aromatic heterocycles. The van der Waals surface area contributed by atoms with Gasteiger partial charge >= 0.3 is 0 Å². The zero-order valence-corrected chi connectivity index (χ0v) is 14.9. The van der Waals surface area contributed by atoms with Crippen molar-refractivity contribution >= 4 is 28.3 Å². The Morgan fingerprint density at radius 3 is 2.64 bits per heavy atom. The number of aromatic hydroxyl groups is 1. The van der Waals surface area contributed by atoms with E-state index < -0.39 is 10.6 Å². The summed E-state index contributed by atoms with van der Waals surface area (Å²) < 4.78 is 0. The highest BCUT2D eigenvalue weighted by molar-refractivity contribution is 5.86. The fourth-order valence-corrected chi connectivity index (χ4v) is 3.09. The van der Waals surface area contributed by atoms with Gasteiger partial charge in [0.2, 0.25) is 0 Å². The van der Waals surface area contributed by atoms with Crippen LogP contribution in [0.4, 0.5) is 22.7 Å². The fourth-order valence-electron chi connectivity index (χ4n) is 3.09. The van der Waals surface area contributed by atoms with Crippen molar-refractivity contribution in [3.05, 3.63) is 69.8 Å². The number of nitrogens with two attached hydrogens (primary N) is 3. The number of nitrogens with zero attached hydrogens (tertiary/aromatic N) is 1. The molecule has 0 fully saturated rings. The lowest BCUT2D eigenvalue weighted by Crippen LogP contribution is -2.39. The first-order valence-corrected chi connectivity index (χ1v) is 8.45. The smallest absolute Gasteiger partial charge is 0.271 e. The molecule has 2 aromatic carbocycles. The van der Waals surface area contributed by atoms with Crippen LogP contribution in [-0.2, 0) is 0 Å². The Balaban J connectivity index is 1.96. The predicted molar refractivity (Wildman–Crippen MR) is 108 cm³/mol. The number of aliphatic hydroxyl groups is 1. The summed E-state index contributed by atoms with van der Waals surface area (Å²) in [5.41, 5.74) is 19.4. The van der Waals surface area contributed by atoms with E-state index in [1.54, 1.807) is 24.3 Å². The summed E-state index contributed by atoms with van der Waals surface area (Å²) in [6.07, 6.45) is 3.27. The third-order valence-corrected chi connectivity index (χ3v) is 4.47. The van der Waals surface area contributed by atoms with Gasteiger partial charge in [-0.25, -0.2) is 0 Å². The minimum Gasteiger partial charge on any atom is -0.506 e. The Bertz CT molecular complexity index is 998. The monoisotopic (exact) mass is 383 g/mol. The summed E-state index contributed by atoms with van der Waals surface area (Å²) in [4.78, 5) is 10.4. The minimum atomic E-state index is -1.53. The highest BCUT2D eigenvalue weighted by Crippen LogP contribution is 2.35. The number of nitrogens with one attached hydrogen (secondary N) is 1. The van der Waals surface area contributed by atoms with Gasteiger partial charge in [0, 0.05) is 42.0 Å². The van der Waals surface area contributed by atoms with Crippen LogP contribution in [0.25, 0.3) is 5.57 Å². The molecule has 0 heterocycles. The van der Waals surface area contributed by atoms with Crippen molar-refractivity contribution < 1.29 is 15.1 Å². The topological polar surface area (TPSA) is 174 Å². The van der Waals surface area contributed by atoms with Crippen LogP contribution in [-0.4, -0.2) is 27.4 Å². The zero-order chi connectivity index (χ0) is 20.5. The Hall–Kier alpha value is -3.56. The Morgan fingerprint density at radius 2 is 1.96 bits per heavy atom. The molecule has 9 N–H and O–H groups in total. The molecule has 0 saturated carbocycles. The van der Waals surface area contributed by atoms with E-state index in [4.69, 9.17) is 17.2 Å². The second-order valence-corrected chi connectivity index (χ2v) is 6.68. The van der Waals surface area contributed by atoms with Crippen molar-refractivity contribution in [1.82, 2.24) is 0 Å². The number of nitro groups is 1. The molecule has 0 saturated heterocycles. The van der Waals surface area contributed by atoms with E-state index in [1.807, 2.05) is 0 Å². The van der Waals surface area contributed by atoms with Crippen molar-refractivity contribution in [2.24, 2.45) is 5.73 Å². The van der Waals surface area contributed by atoms with E-state index in [1.165, 1.54) is 24.3 Å².